The summed E-state index contributed by atoms with van der Waals surface area (Å²) in [6.07, 6.45) is 3.09. The fourth-order valence-corrected chi connectivity index (χ4v) is 2.20. The first kappa shape index (κ1) is 12.6. The third-order valence-electron chi connectivity index (χ3n) is 3.16. The molecule has 5 nitrogen and oxygen atoms in total. The van der Waals surface area contributed by atoms with Crippen LogP contribution < -0.4 is 4.90 Å². The Kier molecular flexibility index (Phi) is 3.66. The molecule has 1 heterocycles. The molecule has 1 amide bonds. The van der Waals surface area contributed by atoms with Crippen molar-refractivity contribution in [3.05, 3.63) is 34.1 Å². The van der Waals surface area contributed by atoms with E-state index in [0.717, 1.165) is 25.3 Å². The molecular weight excluding hydrogens is 239 g/mol. The molecule has 1 atom stereocenters. The van der Waals surface area contributed by atoms with Gasteiger partial charge in [-0.2, -0.15) is 0 Å². The highest BCUT2D eigenvalue weighted by Gasteiger charge is 2.27. The molecule has 96 valence electrons. The van der Waals surface area contributed by atoms with E-state index in [1.807, 2.05) is 0 Å². The van der Waals surface area contributed by atoms with Crippen molar-refractivity contribution in [3.8, 4) is 0 Å². The van der Waals surface area contributed by atoms with Crippen LogP contribution in [-0.4, -0.2) is 17.4 Å². The molecule has 18 heavy (non-hydrogen) atoms. The van der Waals surface area contributed by atoms with Crippen molar-refractivity contribution < 1.29 is 19.0 Å². The number of carbonyl (C=O) groups excluding carboxylic acids is 1. The minimum Gasteiger partial charge on any atom is -0.258 e. The fraction of sp³-hybridized carbons (Fsp3) is 0.417. The SMILES string of the molecule is O=C1CCCCC[NH+]1c1ccc([N+](=O)[O-])cc1F. The van der Waals surface area contributed by atoms with Gasteiger partial charge in [-0.25, -0.2) is 14.1 Å². The first-order valence-corrected chi connectivity index (χ1v) is 5.93. The number of non-ortho nitro benzene ring substituents is 1. The summed E-state index contributed by atoms with van der Waals surface area (Å²) in [5.41, 5.74) is -0.0783. The lowest BCUT2D eigenvalue weighted by molar-refractivity contribution is -0.750. The van der Waals surface area contributed by atoms with Crippen LogP contribution in [0.25, 0.3) is 0 Å². The highest BCUT2D eigenvalue weighted by Crippen LogP contribution is 2.18. The van der Waals surface area contributed by atoms with E-state index in [0.29, 0.717) is 17.9 Å². The lowest BCUT2D eigenvalue weighted by Crippen LogP contribution is -3.10. The maximum Gasteiger partial charge on any atom is 0.317 e. The molecule has 1 saturated heterocycles. The Hall–Kier alpha value is -1.82. The molecule has 1 aromatic rings. The molecule has 0 radical (unpaired) electrons. The molecule has 1 aliphatic rings. The van der Waals surface area contributed by atoms with E-state index in [1.54, 1.807) is 0 Å². The molecule has 0 bridgehead atoms. The summed E-state index contributed by atoms with van der Waals surface area (Å²) in [6, 6.07) is 3.45. The van der Waals surface area contributed by atoms with E-state index in [2.05, 4.69) is 0 Å². The summed E-state index contributed by atoms with van der Waals surface area (Å²) in [6.45, 7) is 0.549. The van der Waals surface area contributed by atoms with Gasteiger partial charge in [0.2, 0.25) is 0 Å². The van der Waals surface area contributed by atoms with Gasteiger partial charge in [-0.05, 0) is 19.3 Å². The lowest BCUT2D eigenvalue weighted by atomic mass is 10.2. The predicted molar refractivity (Wildman–Crippen MR) is 62.0 cm³/mol. The molecule has 1 aliphatic heterocycles. The van der Waals surface area contributed by atoms with E-state index in [9.17, 15) is 19.3 Å². The van der Waals surface area contributed by atoms with Crippen LogP contribution in [0.15, 0.2) is 18.2 Å². The van der Waals surface area contributed by atoms with Gasteiger partial charge in [0.15, 0.2) is 11.5 Å². The molecule has 0 saturated carbocycles. The van der Waals surface area contributed by atoms with Gasteiger partial charge in [-0.3, -0.25) is 10.1 Å². The van der Waals surface area contributed by atoms with Gasteiger partial charge in [0.1, 0.15) is 0 Å². The van der Waals surface area contributed by atoms with Gasteiger partial charge < -0.3 is 0 Å². The number of hydrogen-bond acceptors (Lipinski definition) is 3. The Bertz CT molecular complexity index is 490. The van der Waals surface area contributed by atoms with Crippen LogP contribution in [-0.2, 0) is 4.79 Å². The zero-order valence-electron chi connectivity index (χ0n) is 9.82. The zero-order valence-corrected chi connectivity index (χ0v) is 9.82. The van der Waals surface area contributed by atoms with Gasteiger partial charge in [-0.1, -0.05) is 0 Å². The number of nitrogens with one attached hydrogen (secondary N) is 1. The molecule has 1 fully saturated rings. The minimum absolute atomic E-state index is 0.0414. The van der Waals surface area contributed by atoms with Crippen molar-refractivity contribution in [1.82, 2.24) is 0 Å². The number of benzene rings is 1. The predicted octanol–water partition coefficient (Wildman–Crippen LogP) is 1.35. The number of carbonyl (C=O) groups is 1. The highest BCUT2D eigenvalue weighted by atomic mass is 19.1. The summed E-state index contributed by atoms with van der Waals surface area (Å²) in [7, 11) is 0. The molecule has 1 unspecified atom stereocenters. The van der Waals surface area contributed by atoms with Crippen molar-refractivity contribution in [2.75, 3.05) is 6.54 Å². The average Bonchev–Trinajstić information content (AvgIpc) is 2.54. The number of rotatable bonds is 2. The Morgan fingerprint density at radius 2 is 2.06 bits per heavy atom. The van der Waals surface area contributed by atoms with Crippen LogP contribution in [0.5, 0.6) is 0 Å². The van der Waals surface area contributed by atoms with Crippen molar-refractivity contribution in [1.29, 1.82) is 0 Å². The van der Waals surface area contributed by atoms with Gasteiger partial charge >= 0.3 is 5.91 Å². The van der Waals surface area contributed by atoms with Crippen molar-refractivity contribution >= 4 is 17.3 Å². The number of amides is 1. The average molecular weight is 253 g/mol. The molecule has 0 aromatic heterocycles. The summed E-state index contributed by atoms with van der Waals surface area (Å²) in [5, 5.41) is 10.5. The monoisotopic (exact) mass is 253 g/mol. The number of nitrogens with zero attached hydrogens (tertiary/aromatic N) is 1. The molecule has 2 rings (SSSR count). The second kappa shape index (κ2) is 5.22. The number of hydrogen-bond donors (Lipinski definition) is 1. The van der Waals surface area contributed by atoms with Crippen molar-refractivity contribution in [2.45, 2.75) is 25.7 Å². The first-order valence-electron chi connectivity index (χ1n) is 5.93. The maximum atomic E-state index is 13.8. The summed E-state index contributed by atoms with van der Waals surface area (Å²) >= 11 is 0. The minimum atomic E-state index is -0.686. The topological polar surface area (TPSA) is 64.7 Å². The van der Waals surface area contributed by atoms with Crippen molar-refractivity contribution in [2.24, 2.45) is 0 Å². The number of nitro groups is 1. The Balaban J connectivity index is 2.32. The number of quaternary nitrogens is 1. The summed E-state index contributed by atoms with van der Waals surface area (Å²) < 4.78 is 13.8. The molecule has 0 aliphatic carbocycles. The smallest absolute Gasteiger partial charge is 0.258 e. The zero-order chi connectivity index (χ0) is 13.1. The standard InChI is InChI=1S/C12H13FN2O3/c13-10-8-9(15(17)18)5-6-11(10)14-7-3-1-2-4-12(14)16/h5-6,8H,1-4,7H2/p+1. The van der Waals surface area contributed by atoms with Crippen LogP contribution in [0.3, 0.4) is 0 Å². The third-order valence-corrected chi connectivity index (χ3v) is 3.16. The number of nitro benzene ring substituents is 1. The van der Waals surface area contributed by atoms with Crippen molar-refractivity contribution in [3.63, 3.8) is 0 Å². The summed E-state index contributed by atoms with van der Waals surface area (Å²) in [4.78, 5) is 22.2. The van der Waals surface area contributed by atoms with E-state index in [4.69, 9.17) is 0 Å². The van der Waals surface area contributed by atoms with E-state index < -0.39 is 10.7 Å². The van der Waals surface area contributed by atoms with Crippen LogP contribution in [0.1, 0.15) is 25.7 Å². The molecule has 1 aromatic carbocycles. The quantitative estimate of drug-likeness (QED) is 0.639. The first-order chi connectivity index (χ1) is 8.59. The second-order valence-electron chi connectivity index (χ2n) is 4.38. The third kappa shape index (κ3) is 2.53. The fourth-order valence-electron chi connectivity index (χ4n) is 2.20. The van der Waals surface area contributed by atoms with Crippen LogP contribution >= 0.6 is 0 Å². The summed E-state index contributed by atoms with van der Waals surface area (Å²) in [5.74, 6) is -0.727. The lowest BCUT2D eigenvalue weighted by Gasteiger charge is -2.14. The van der Waals surface area contributed by atoms with Gasteiger partial charge in [0.25, 0.3) is 5.69 Å². The Morgan fingerprint density at radius 3 is 2.72 bits per heavy atom. The largest absolute Gasteiger partial charge is 0.317 e. The number of halogens is 1. The molecule has 6 heteroatoms. The Labute approximate surface area is 103 Å². The van der Waals surface area contributed by atoms with Gasteiger partial charge in [0, 0.05) is 12.1 Å². The van der Waals surface area contributed by atoms with E-state index in [-0.39, 0.29) is 17.3 Å². The van der Waals surface area contributed by atoms with Crippen LogP contribution in [0.2, 0.25) is 0 Å². The second-order valence-corrected chi connectivity index (χ2v) is 4.38. The maximum absolute atomic E-state index is 13.8. The highest BCUT2D eigenvalue weighted by molar-refractivity contribution is 5.69. The van der Waals surface area contributed by atoms with Crippen LogP contribution in [0.4, 0.5) is 15.8 Å². The molecule has 1 N–H and O–H groups in total. The molecule has 0 spiro atoms. The Morgan fingerprint density at radius 1 is 1.28 bits per heavy atom. The normalized spacial score (nSPS) is 20.5. The van der Waals surface area contributed by atoms with Gasteiger partial charge in [-0.15, -0.1) is 0 Å². The van der Waals surface area contributed by atoms with Gasteiger partial charge in [0.05, 0.1) is 24.0 Å². The van der Waals surface area contributed by atoms with Crippen LogP contribution in [0, 0.1) is 15.9 Å². The molecular formula is C12H14FN2O3+. The van der Waals surface area contributed by atoms with E-state index in [1.165, 1.54) is 12.1 Å². The van der Waals surface area contributed by atoms with E-state index >= 15 is 0 Å².